The van der Waals surface area contributed by atoms with Gasteiger partial charge in [0, 0.05) is 32.6 Å². The van der Waals surface area contributed by atoms with E-state index in [1.54, 1.807) is 4.90 Å². The number of aliphatic carboxylic acids is 1. The lowest BCUT2D eigenvalue weighted by molar-refractivity contribution is -0.143. The van der Waals surface area contributed by atoms with Crippen molar-refractivity contribution in [2.75, 3.05) is 20.1 Å². The molecular weight excluding hydrogens is 232 g/mol. The SMILES string of the molecule is CN1CCN(C2CCCC2)C(CCC(=O)O)C1=O. The number of nitrogens with zero attached hydrogens (tertiary/aromatic N) is 2. The Morgan fingerprint density at radius 3 is 2.61 bits per heavy atom. The summed E-state index contributed by atoms with van der Waals surface area (Å²) in [5.74, 6) is -0.725. The van der Waals surface area contributed by atoms with Crippen molar-refractivity contribution >= 4 is 11.9 Å². The monoisotopic (exact) mass is 254 g/mol. The molecule has 1 unspecified atom stereocenters. The number of carbonyl (C=O) groups is 2. The molecule has 0 radical (unpaired) electrons. The van der Waals surface area contributed by atoms with Crippen LogP contribution in [-0.4, -0.2) is 59.0 Å². The fourth-order valence-corrected chi connectivity index (χ4v) is 3.15. The zero-order valence-electron chi connectivity index (χ0n) is 11.0. The maximum absolute atomic E-state index is 12.2. The normalized spacial score (nSPS) is 26.8. The van der Waals surface area contributed by atoms with Crippen LogP contribution in [0.4, 0.5) is 0 Å². The number of hydrogen-bond acceptors (Lipinski definition) is 3. The van der Waals surface area contributed by atoms with Crippen molar-refractivity contribution in [3.8, 4) is 0 Å². The van der Waals surface area contributed by atoms with Gasteiger partial charge in [0.25, 0.3) is 0 Å². The van der Waals surface area contributed by atoms with E-state index in [4.69, 9.17) is 5.11 Å². The van der Waals surface area contributed by atoms with Gasteiger partial charge in [0.2, 0.25) is 5.91 Å². The Labute approximate surface area is 108 Å². The van der Waals surface area contributed by atoms with Gasteiger partial charge in [-0.1, -0.05) is 12.8 Å². The predicted molar refractivity (Wildman–Crippen MR) is 67.3 cm³/mol. The molecule has 1 heterocycles. The topological polar surface area (TPSA) is 60.9 Å². The first-order chi connectivity index (χ1) is 8.59. The molecular formula is C13H22N2O3. The highest BCUT2D eigenvalue weighted by atomic mass is 16.4. The largest absolute Gasteiger partial charge is 0.481 e. The predicted octanol–water partition coefficient (Wildman–Crippen LogP) is 0.936. The van der Waals surface area contributed by atoms with Crippen LogP contribution in [-0.2, 0) is 9.59 Å². The Hall–Kier alpha value is -1.10. The Morgan fingerprint density at radius 2 is 2.00 bits per heavy atom. The molecule has 5 nitrogen and oxygen atoms in total. The molecule has 5 heteroatoms. The summed E-state index contributed by atoms with van der Waals surface area (Å²) in [7, 11) is 1.81. The van der Waals surface area contributed by atoms with Gasteiger partial charge in [-0.25, -0.2) is 0 Å². The minimum Gasteiger partial charge on any atom is -0.481 e. The first kappa shape index (κ1) is 13.3. The molecule has 1 aliphatic heterocycles. The maximum Gasteiger partial charge on any atom is 0.303 e. The van der Waals surface area contributed by atoms with E-state index in [-0.39, 0.29) is 18.4 Å². The Morgan fingerprint density at radius 1 is 1.33 bits per heavy atom. The van der Waals surface area contributed by atoms with E-state index in [2.05, 4.69) is 4.90 Å². The molecule has 1 N–H and O–H groups in total. The fraction of sp³-hybridized carbons (Fsp3) is 0.846. The van der Waals surface area contributed by atoms with Crippen LogP contribution >= 0.6 is 0 Å². The molecule has 102 valence electrons. The second kappa shape index (κ2) is 5.69. The average Bonchev–Trinajstić information content (AvgIpc) is 2.84. The third-order valence-corrected chi connectivity index (χ3v) is 4.18. The van der Waals surface area contributed by atoms with Crippen LogP contribution < -0.4 is 0 Å². The molecule has 1 atom stereocenters. The van der Waals surface area contributed by atoms with Crippen LogP contribution in [0.3, 0.4) is 0 Å². The van der Waals surface area contributed by atoms with E-state index in [1.807, 2.05) is 7.05 Å². The number of piperazine rings is 1. The summed E-state index contributed by atoms with van der Waals surface area (Å²) in [5, 5.41) is 8.80. The molecule has 2 fully saturated rings. The van der Waals surface area contributed by atoms with Gasteiger partial charge in [-0.2, -0.15) is 0 Å². The lowest BCUT2D eigenvalue weighted by Crippen LogP contribution is -2.58. The van der Waals surface area contributed by atoms with E-state index in [0.717, 1.165) is 25.9 Å². The molecule has 0 spiro atoms. The Bertz CT molecular complexity index is 326. The molecule has 0 bridgehead atoms. The van der Waals surface area contributed by atoms with Crippen molar-refractivity contribution < 1.29 is 14.7 Å². The number of likely N-dealkylation sites (N-methyl/N-ethyl adjacent to an activating group) is 1. The van der Waals surface area contributed by atoms with Gasteiger partial charge in [0.15, 0.2) is 0 Å². The smallest absolute Gasteiger partial charge is 0.303 e. The van der Waals surface area contributed by atoms with E-state index >= 15 is 0 Å². The van der Waals surface area contributed by atoms with Crippen molar-refractivity contribution in [1.82, 2.24) is 9.80 Å². The summed E-state index contributed by atoms with van der Waals surface area (Å²) in [6, 6.07) is 0.268. The van der Waals surface area contributed by atoms with Gasteiger partial charge in [-0.3, -0.25) is 14.5 Å². The highest BCUT2D eigenvalue weighted by Gasteiger charge is 2.37. The van der Waals surface area contributed by atoms with E-state index < -0.39 is 5.97 Å². The number of amides is 1. The van der Waals surface area contributed by atoms with Crippen molar-refractivity contribution in [2.24, 2.45) is 0 Å². The minimum atomic E-state index is -0.817. The summed E-state index contributed by atoms with van der Waals surface area (Å²) < 4.78 is 0. The summed E-state index contributed by atoms with van der Waals surface area (Å²) in [6.45, 7) is 1.65. The van der Waals surface area contributed by atoms with Crippen LogP contribution in [0.2, 0.25) is 0 Å². The molecule has 2 rings (SSSR count). The van der Waals surface area contributed by atoms with Gasteiger partial charge in [0.05, 0.1) is 6.04 Å². The zero-order chi connectivity index (χ0) is 13.1. The lowest BCUT2D eigenvalue weighted by atomic mass is 10.0. The maximum atomic E-state index is 12.2. The molecule has 1 saturated heterocycles. The second-order valence-corrected chi connectivity index (χ2v) is 5.38. The number of carbonyl (C=O) groups excluding carboxylic acids is 1. The van der Waals surface area contributed by atoms with Crippen LogP contribution in [0.1, 0.15) is 38.5 Å². The second-order valence-electron chi connectivity index (χ2n) is 5.38. The van der Waals surface area contributed by atoms with Crippen LogP contribution in [0.25, 0.3) is 0 Å². The minimum absolute atomic E-state index is 0.0769. The van der Waals surface area contributed by atoms with Crippen molar-refractivity contribution in [3.63, 3.8) is 0 Å². The van der Waals surface area contributed by atoms with E-state index in [1.165, 1.54) is 12.8 Å². The van der Waals surface area contributed by atoms with Gasteiger partial charge < -0.3 is 10.0 Å². The molecule has 1 saturated carbocycles. The van der Waals surface area contributed by atoms with Gasteiger partial charge >= 0.3 is 5.97 Å². The number of carboxylic acids is 1. The van der Waals surface area contributed by atoms with Gasteiger partial charge in [-0.15, -0.1) is 0 Å². The lowest BCUT2D eigenvalue weighted by Gasteiger charge is -2.42. The summed E-state index contributed by atoms with van der Waals surface area (Å²) in [6.07, 6.45) is 5.29. The van der Waals surface area contributed by atoms with Crippen LogP contribution in [0, 0.1) is 0 Å². The fourth-order valence-electron chi connectivity index (χ4n) is 3.15. The Kier molecular flexibility index (Phi) is 4.22. The molecule has 0 aromatic rings. The van der Waals surface area contributed by atoms with Crippen molar-refractivity contribution in [1.29, 1.82) is 0 Å². The number of hydrogen-bond donors (Lipinski definition) is 1. The van der Waals surface area contributed by atoms with Gasteiger partial charge in [0.1, 0.15) is 0 Å². The van der Waals surface area contributed by atoms with Crippen molar-refractivity contribution in [3.05, 3.63) is 0 Å². The van der Waals surface area contributed by atoms with E-state index in [0.29, 0.717) is 12.5 Å². The van der Waals surface area contributed by atoms with Gasteiger partial charge in [-0.05, 0) is 19.3 Å². The third-order valence-electron chi connectivity index (χ3n) is 4.18. The highest BCUT2D eigenvalue weighted by molar-refractivity contribution is 5.83. The highest BCUT2D eigenvalue weighted by Crippen LogP contribution is 2.28. The first-order valence-electron chi connectivity index (χ1n) is 6.82. The molecule has 0 aromatic heterocycles. The van der Waals surface area contributed by atoms with Crippen LogP contribution in [0.5, 0.6) is 0 Å². The molecule has 2 aliphatic rings. The quantitative estimate of drug-likeness (QED) is 0.811. The molecule has 1 amide bonds. The summed E-state index contributed by atoms with van der Waals surface area (Å²) in [5.41, 5.74) is 0. The average molecular weight is 254 g/mol. The molecule has 0 aromatic carbocycles. The zero-order valence-corrected chi connectivity index (χ0v) is 11.0. The van der Waals surface area contributed by atoms with Crippen molar-refractivity contribution in [2.45, 2.75) is 50.6 Å². The number of rotatable bonds is 4. The molecule has 18 heavy (non-hydrogen) atoms. The number of carboxylic acid groups (broad SMARTS) is 1. The standard InChI is InChI=1S/C13H22N2O3/c1-14-8-9-15(10-4-2-3-5-10)11(13(14)18)6-7-12(16)17/h10-11H,2-9H2,1H3,(H,16,17). The first-order valence-corrected chi connectivity index (χ1v) is 6.82. The third kappa shape index (κ3) is 2.83. The summed E-state index contributed by atoms with van der Waals surface area (Å²) in [4.78, 5) is 26.9. The molecule has 1 aliphatic carbocycles. The van der Waals surface area contributed by atoms with Crippen LogP contribution in [0.15, 0.2) is 0 Å². The van der Waals surface area contributed by atoms with E-state index in [9.17, 15) is 9.59 Å². The summed E-state index contributed by atoms with van der Waals surface area (Å²) >= 11 is 0. The Balaban J connectivity index is 2.04.